The Hall–Kier alpha value is -1.94. The summed E-state index contributed by atoms with van der Waals surface area (Å²) < 4.78 is 0. The Morgan fingerprint density at radius 3 is 2.55 bits per heavy atom. The van der Waals surface area contributed by atoms with E-state index in [-0.39, 0.29) is 5.41 Å². The van der Waals surface area contributed by atoms with Crippen molar-refractivity contribution < 1.29 is 0 Å². The zero-order valence-electron chi connectivity index (χ0n) is 11.0. The number of rotatable bonds is 2. The van der Waals surface area contributed by atoms with E-state index in [0.29, 0.717) is 5.82 Å². The Bertz CT molecular complexity index is 760. The van der Waals surface area contributed by atoms with Crippen molar-refractivity contribution in [2.75, 3.05) is 5.73 Å². The fraction of sp³-hybridized carbons (Fsp3) is 0.250. The van der Waals surface area contributed by atoms with Crippen molar-refractivity contribution in [1.82, 2.24) is 9.97 Å². The molecule has 2 aromatic heterocycles. The van der Waals surface area contributed by atoms with Gasteiger partial charge in [-0.1, -0.05) is 36.8 Å². The number of fused-ring (bicyclic) bond motifs is 1. The topological polar surface area (TPSA) is 51.8 Å². The number of aromatic nitrogens is 2. The molecule has 0 radical (unpaired) electrons. The van der Waals surface area contributed by atoms with E-state index in [1.807, 2.05) is 17.5 Å². The Balaban J connectivity index is 1.92. The minimum absolute atomic E-state index is 0.0342. The maximum absolute atomic E-state index is 6.11. The van der Waals surface area contributed by atoms with Crippen LogP contribution in [0.2, 0.25) is 0 Å². The van der Waals surface area contributed by atoms with Crippen LogP contribution in [0.5, 0.6) is 0 Å². The van der Waals surface area contributed by atoms with Crippen LogP contribution in [-0.4, -0.2) is 9.97 Å². The van der Waals surface area contributed by atoms with Crippen LogP contribution < -0.4 is 5.73 Å². The lowest BCUT2D eigenvalue weighted by Crippen LogP contribution is -2.37. The second-order valence-electron chi connectivity index (χ2n) is 5.37. The lowest BCUT2D eigenvalue weighted by molar-refractivity contribution is 0.286. The normalized spacial score (nSPS) is 17.0. The van der Waals surface area contributed by atoms with Gasteiger partial charge in [0.2, 0.25) is 0 Å². The lowest BCUT2D eigenvalue weighted by atomic mass is 9.64. The first kappa shape index (κ1) is 11.9. The first-order chi connectivity index (χ1) is 9.79. The molecule has 4 rings (SSSR count). The third-order valence-electron chi connectivity index (χ3n) is 4.32. The Morgan fingerprint density at radius 2 is 1.85 bits per heavy atom. The molecule has 4 heteroatoms. The molecule has 1 aromatic carbocycles. The van der Waals surface area contributed by atoms with Crippen LogP contribution >= 0.6 is 11.3 Å². The quantitative estimate of drug-likeness (QED) is 0.778. The van der Waals surface area contributed by atoms with Gasteiger partial charge >= 0.3 is 0 Å². The van der Waals surface area contributed by atoms with Crippen molar-refractivity contribution in [3.05, 3.63) is 53.2 Å². The second kappa shape index (κ2) is 4.28. The summed E-state index contributed by atoms with van der Waals surface area (Å²) in [5.41, 5.74) is 7.38. The van der Waals surface area contributed by atoms with Gasteiger partial charge in [0.15, 0.2) is 0 Å². The van der Waals surface area contributed by atoms with Gasteiger partial charge in [-0.3, -0.25) is 0 Å². The number of nitrogens with two attached hydrogens (primary N) is 1. The number of anilines is 1. The van der Waals surface area contributed by atoms with Gasteiger partial charge in [-0.25, -0.2) is 9.97 Å². The van der Waals surface area contributed by atoms with Gasteiger partial charge in [-0.15, -0.1) is 11.3 Å². The van der Waals surface area contributed by atoms with Crippen LogP contribution in [0.4, 0.5) is 5.82 Å². The fourth-order valence-corrected chi connectivity index (χ4v) is 3.79. The first-order valence-corrected chi connectivity index (χ1v) is 7.74. The van der Waals surface area contributed by atoms with Crippen molar-refractivity contribution in [2.45, 2.75) is 24.7 Å². The standard InChI is InChI=1S/C16H15N3S/c17-13-12-7-10-20-14(12)19-15(18-13)16(8-4-9-16)11-5-2-1-3-6-11/h1-3,5-7,10H,4,8-9H2,(H2,17,18,19). The second-order valence-corrected chi connectivity index (χ2v) is 6.27. The van der Waals surface area contributed by atoms with Gasteiger partial charge in [0.25, 0.3) is 0 Å². The van der Waals surface area contributed by atoms with E-state index in [1.165, 1.54) is 12.0 Å². The summed E-state index contributed by atoms with van der Waals surface area (Å²) in [6, 6.07) is 12.6. The van der Waals surface area contributed by atoms with Crippen LogP contribution in [0.15, 0.2) is 41.8 Å². The number of thiophene rings is 1. The third kappa shape index (κ3) is 1.58. The molecular weight excluding hydrogens is 266 g/mol. The van der Waals surface area contributed by atoms with Gasteiger partial charge in [0.1, 0.15) is 16.5 Å². The molecule has 1 saturated carbocycles. The Morgan fingerprint density at radius 1 is 1.05 bits per heavy atom. The molecule has 0 saturated heterocycles. The molecule has 0 amide bonds. The molecule has 3 aromatic rings. The monoisotopic (exact) mass is 281 g/mol. The fourth-order valence-electron chi connectivity index (χ4n) is 3.02. The number of hydrogen-bond donors (Lipinski definition) is 1. The molecule has 0 bridgehead atoms. The van der Waals surface area contributed by atoms with E-state index >= 15 is 0 Å². The third-order valence-corrected chi connectivity index (χ3v) is 5.12. The SMILES string of the molecule is Nc1nc(C2(c3ccccc3)CCC2)nc2sccc12. The van der Waals surface area contributed by atoms with E-state index < -0.39 is 0 Å². The maximum atomic E-state index is 6.11. The largest absolute Gasteiger partial charge is 0.383 e. The highest BCUT2D eigenvalue weighted by atomic mass is 32.1. The zero-order valence-corrected chi connectivity index (χ0v) is 11.9. The molecule has 20 heavy (non-hydrogen) atoms. The molecule has 100 valence electrons. The van der Waals surface area contributed by atoms with Crippen molar-refractivity contribution in [3.8, 4) is 0 Å². The van der Waals surface area contributed by atoms with E-state index in [0.717, 1.165) is 28.9 Å². The smallest absolute Gasteiger partial charge is 0.142 e. The van der Waals surface area contributed by atoms with E-state index in [1.54, 1.807) is 11.3 Å². The molecule has 0 spiro atoms. The maximum Gasteiger partial charge on any atom is 0.142 e. The molecule has 0 aliphatic heterocycles. The number of benzene rings is 1. The minimum atomic E-state index is -0.0342. The van der Waals surface area contributed by atoms with Crippen LogP contribution in [0.1, 0.15) is 30.7 Å². The summed E-state index contributed by atoms with van der Waals surface area (Å²) >= 11 is 1.63. The van der Waals surface area contributed by atoms with Gasteiger partial charge in [0.05, 0.1) is 10.8 Å². The number of nitrogens with zero attached hydrogens (tertiary/aromatic N) is 2. The molecule has 3 nitrogen and oxygen atoms in total. The molecule has 0 atom stereocenters. The molecule has 2 N–H and O–H groups in total. The summed E-state index contributed by atoms with van der Waals surface area (Å²) in [4.78, 5) is 10.4. The highest BCUT2D eigenvalue weighted by Gasteiger charge is 2.43. The van der Waals surface area contributed by atoms with Gasteiger partial charge in [0, 0.05) is 0 Å². The van der Waals surface area contributed by atoms with Gasteiger partial charge < -0.3 is 5.73 Å². The van der Waals surface area contributed by atoms with Crippen LogP contribution in [-0.2, 0) is 5.41 Å². The van der Waals surface area contributed by atoms with Crippen LogP contribution in [0.3, 0.4) is 0 Å². The van der Waals surface area contributed by atoms with Crippen LogP contribution in [0, 0.1) is 0 Å². The molecular formula is C16H15N3S. The molecule has 1 fully saturated rings. The van der Waals surface area contributed by atoms with Crippen molar-refractivity contribution in [1.29, 1.82) is 0 Å². The highest BCUT2D eigenvalue weighted by molar-refractivity contribution is 7.16. The average molecular weight is 281 g/mol. The summed E-state index contributed by atoms with van der Waals surface area (Å²) in [5, 5.41) is 3.00. The van der Waals surface area contributed by atoms with Gasteiger partial charge in [-0.2, -0.15) is 0 Å². The summed E-state index contributed by atoms with van der Waals surface area (Å²) in [6.07, 6.45) is 3.43. The summed E-state index contributed by atoms with van der Waals surface area (Å²) in [6.45, 7) is 0. The molecule has 0 unspecified atom stereocenters. The van der Waals surface area contributed by atoms with Crippen molar-refractivity contribution >= 4 is 27.4 Å². The minimum Gasteiger partial charge on any atom is -0.383 e. The van der Waals surface area contributed by atoms with E-state index in [2.05, 4.69) is 29.2 Å². The summed E-state index contributed by atoms with van der Waals surface area (Å²) in [7, 11) is 0. The Kier molecular flexibility index (Phi) is 2.54. The molecule has 1 aliphatic carbocycles. The predicted molar refractivity (Wildman–Crippen MR) is 82.9 cm³/mol. The highest BCUT2D eigenvalue weighted by Crippen LogP contribution is 2.48. The molecule has 1 aliphatic rings. The molecule has 2 heterocycles. The van der Waals surface area contributed by atoms with E-state index in [9.17, 15) is 0 Å². The average Bonchev–Trinajstić information content (AvgIpc) is 2.88. The van der Waals surface area contributed by atoms with Crippen molar-refractivity contribution in [3.63, 3.8) is 0 Å². The van der Waals surface area contributed by atoms with Crippen LogP contribution in [0.25, 0.3) is 10.2 Å². The zero-order chi connectivity index (χ0) is 13.6. The predicted octanol–water partition coefficient (Wildman–Crippen LogP) is 3.74. The van der Waals surface area contributed by atoms with Gasteiger partial charge in [-0.05, 0) is 29.9 Å². The van der Waals surface area contributed by atoms with Crippen molar-refractivity contribution in [2.24, 2.45) is 0 Å². The lowest BCUT2D eigenvalue weighted by Gasteiger charge is -2.41. The number of hydrogen-bond acceptors (Lipinski definition) is 4. The Labute approximate surface area is 121 Å². The van der Waals surface area contributed by atoms with E-state index in [4.69, 9.17) is 10.7 Å². The summed E-state index contributed by atoms with van der Waals surface area (Å²) in [5.74, 6) is 1.50. The number of nitrogen functional groups attached to an aromatic ring is 1. The first-order valence-electron chi connectivity index (χ1n) is 6.86.